The number of pyridine rings is 1. The molecule has 0 radical (unpaired) electrons. The highest BCUT2D eigenvalue weighted by atomic mass is 16.5. The number of nitrogens with one attached hydrogen (secondary N) is 1. The largest absolute Gasteiger partial charge is 0.453 e. The molecule has 0 aromatic carbocycles. The summed E-state index contributed by atoms with van der Waals surface area (Å²) in [7, 11) is 2.91. The van der Waals surface area contributed by atoms with Crippen molar-refractivity contribution in [1.29, 1.82) is 0 Å². The second-order valence-corrected chi connectivity index (χ2v) is 5.46. The number of hydrogen-bond acceptors (Lipinski definition) is 6. The van der Waals surface area contributed by atoms with Gasteiger partial charge < -0.3 is 14.6 Å². The van der Waals surface area contributed by atoms with E-state index in [0.717, 1.165) is 12.8 Å². The van der Waals surface area contributed by atoms with Gasteiger partial charge in [0.2, 0.25) is 0 Å². The fourth-order valence-corrected chi connectivity index (χ4v) is 3.02. The Balaban J connectivity index is 2.15. The van der Waals surface area contributed by atoms with Gasteiger partial charge in [-0.3, -0.25) is 9.69 Å². The lowest BCUT2D eigenvalue weighted by Gasteiger charge is -2.21. The average Bonchev–Trinajstić information content (AvgIpc) is 3.18. The van der Waals surface area contributed by atoms with E-state index in [9.17, 15) is 9.59 Å². The van der Waals surface area contributed by atoms with Crippen molar-refractivity contribution in [1.82, 2.24) is 20.4 Å². The Bertz CT molecular complexity index is 770. The second-order valence-electron chi connectivity index (χ2n) is 5.46. The zero-order chi connectivity index (χ0) is 16.6. The topological polar surface area (TPSA) is 97.6 Å². The summed E-state index contributed by atoms with van der Waals surface area (Å²) in [6, 6.07) is 1.41. The van der Waals surface area contributed by atoms with Crippen LogP contribution in [-0.2, 0) is 4.74 Å². The molecule has 1 aliphatic heterocycles. The minimum Gasteiger partial charge on any atom is -0.453 e. The van der Waals surface area contributed by atoms with Crippen LogP contribution in [0, 0.1) is 6.92 Å². The van der Waals surface area contributed by atoms with Gasteiger partial charge >= 0.3 is 6.09 Å². The van der Waals surface area contributed by atoms with Crippen molar-refractivity contribution in [2.24, 2.45) is 0 Å². The molecule has 0 spiro atoms. The molecule has 3 rings (SSSR count). The van der Waals surface area contributed by atoms with E-state index in [2.05, 4.69) is 15.5 Å². The first-order chi connectivity index (χ1) is 11.1. The van der Waals surface area contributed by atoms with Crippen LogP contribution in [0.2, 0.25) is 0 Å². The number of fused-ring (bicyclic) bond motifs is 1. The Labute approximate surface area is 132 Å². The summed E-state index contributed by atoms with van der Waals surface area (Å²) in [6.45, 7) is 2.37. The number of carbonyl (C=O) groups is 2. The van der Waals surface area contributed by atoms with Gasteiger partial charge in [0.25, 0.3) is 11.6 Å². The fraction of sp³-hybridized carbons (Fsp3) is 0.467. The first-order valence-electron chi connectivity index (χ1n) is 7.40. The van der Waals surface area contributed by atoms with E-state index in [0.29, 0.717) is 34.6 Å². The van der Waals surface area contributed by atoms with Crippen LogP contribution in [0.3, 0.4) is 0 Å². The Morgan fingerprint density at radius 2 is 2.26 bits per heavy atom. The van der Waals surface area contributed by atoms with E-state index in [1.54, 1.807) is 24.9 Å². The number of amides is 2. The SMILES string of the molecule is CNC(=O)c1cc(C)nc2onc(C3CCCN3C(=O)OC)c12. The molecule has 1 fully saturated rings. The van der Waals surface area contributed by atoms with Crippen molar-refractivity contribution in [3.63, 3.8) is 0 Å². The monoisotopic (exact) mass is 318 g/mol. The van der Waals surface area contributed by atoms with Gasteiger partial charge in [0.1, 0.15) is 5.69 Å². The minimum atomic E-state index is -0.412. The molecule has 2 aromatic heterocycles. The van der Waals surface area contributed by atoms with Gasteiger partial charge in [-0.15, -0.1) is 0 Å². The van der Waals surface area contributed by atoms with E-state index in [1.807, 2.05) is 0 Å². The van der Waals surface area contributed by atoms with Crippen molar-refractivity contribution in [2.45, 2.75) is 25.8 Å². The third-order valence-corrected chi connectivity index (χ3v) is 4.05. The summed E-state index contributed by atoms with van der Waals surface area (Å²) in [5.41, 5.74) is 1.96. The number of ether oxygens (including phenoxy) is 1. The number of nitrogens with zero attached hydrogens (tertiary/aromatic N) is 3. The Hall–Kier alpha value is -2.64. The van der Waals surface area contributed by atoms with Gasteiger partial charge in [0.15, 0.2) is 0 Å². The van der Waals surface area contributed by atoms with Crippen molar-refractivity contribution >= 4 is 23.1 Å². The van der Waals surface area contributed by atoms with E-state index in [4.69, 9.17) is 9.26 Å². The molecule has 0 aliphatic carbocycles. The van der Waals surface area contributed by atoms with Gasteiger partial charge in [0.05, 0.1) is 24.1 Å². The lowest BCUT2D eigenvalue weighted by molar-refractivity contribution is 0.0964. The molecule has 2 amide bonds. The zero-order valence-corrected chi connectivity index (χ0v) is 13.3. The summed E-state index contributed by atoms with van der Waals surface area (Å²) >= 11 is 0. The molecule has 3 heterocycles. The molecule has 122 valence electrons. The van der Waals surface area contributed by atoms with Crippen LogP contribution in [0.5, 0.6) is 0 Å². The maximum atomic E-state index is 12.2. The van der Waals surface area contributed by atoms with Gasteiger partial charge in [0, 0.05) is 19.3 Å². The van der Waals surface area contributed by atoms with Crippen LogP contribution < -0.4 is 5.32 Å². The molecule has 2 aromatic rings. The third-order valence-electron chi connectivity index (χ3n) is 4.05. The molecule has 1 saturated heterocycles. The number of carbonyl (C=O) groups excluding carboxylic acids is 2. The van der Waals surface area contributed by atoms with Crippen LogP contribution >= 0.6 is 0 Å². The van der Waals surface area contributed by atoms with Crippen LogP contribution in [0.25, 0.3) is 11.1 Å². The summed E-state index contributed by atoms with van der Waals surface area (Å²) in [4.78, 5) is 30.0. The standard InChI is InChI=1S/C15H18N4O4/c1-8-7-9(13(20)16-2)11-12(18-23-14(11)17-8)10-5-4-6-19(10)15(21)22-3/h7,10H,4-6H2,1-3H3,(H,16,20). The molecular weight excluding hydrogens is 300 g/mol. The number of aryl methyl sites for hydroxylation is 1. The van der Waals surface area contributed by atoms with Crippen molar-refractivity contribution in [3.8, 4) is 0 Å². The molecule has 23 heavy (non-hydrogen) atoms. The summed E-state index contributed by atoms with van der Waals surface area (Å²) in [6.07, 6.45) is 1.16. The van der Waals surface area contributed by atoms with E-state index in [-0.39, 0.29) is 11.9 Å². The van der Waals surface area contributed by atoms with Crippen LogP contribution in [0.4, 0.5) is 4.79 Å². The smallest absolute Gasteiger partial charge is 0.410 e. The molecule has 1 aliphatic rings. The van der Waals surface area contributed by atoms with E-state index < -0.39 is 6.09 Å². The molecule has 1 N–H and O–H groups in total. The number of methoxy groups -OCH3 is 1. The highest BCUT2D eigenvalue weighted by Crippen LogP contribution is 2.36. The molecule has 1 atom stereocenters. The Morgan fingerprint density at radius 3 is 2.96 bits per heavy atom. The number of likely N-dealkylation sites (tertiary alicyclic amines) is 1. The molecular formula is C15H18N4O4. The van der Waals surface area contributed by atoms with E-state index >= 15 is 0 Å². The van der Waals surface area contributed by atoms with Crippen molar-refractivity contribution in [3.05, 3.63) is 23.0 Å². The van der Waals surface area contributed by atoms with Gasteiger partial charge in [-0.2, -0.15) is 0 Å². The predicted octanol–water partition coefficient (Wildman–Crippen LogP) is 1.79. The first-order valence-corrected chi connectivity index (χ1v) is 7.40. The molecule has 8 heteroatoms. The Morgan fingerprint density at radius 1 is 1.48 bits per heavy atom. The third kappa shape index (κ3) is 2.49. The first kappa shape index (κ1) is 15.3. The summed E-state index contributed by atoms with van der Waals surface area (Å²) < 4.78 is 10.1. The molecule has 8 nitrogen and oxygen atoms in total. The fourth-order valence-electron chi connectivity index (χ4n) is 3.02. The van der Waals surface area contributed by atoms with Crippen LogP contribution in [0.1, 0.15) is 40.6 Å². The molecule has 0 saturated carbocycles. The maximum Gasteiger partial charge on any atom is 0.410 e. The maximum absolute atomic E-state index is 12.2. The number of aromatic nitrogens is 2. The van der Waals surface area contributed by atoms with Gasteiger partial charge in [-0.05, 0) is 25.8 Å². The summed E-state index contributed by atoms with van der Waals surface area (Å²) in [5.74, 6) is -0.243. The highest BCUT2D eigenvalue weighted by molar-refractivity contribution is 6.06. The normalized spacial score (nSPS) is 17.5. The lowest BCUT2D eigenvalue weighted by Crippen LogP contribution is -2.30. The lowest BCUT2D eigenvalue weighted by atomic mass is 10.0. The van der Waals surface area contributed by atoms with Gasteiger partial charge in [-0.25, -0.2) is 9.78 Å². The van der Waals surface area contributed by atoms with Crippen molar-refractivity contribution in [2.75, 3.05) is 20.7 Å². The highest BCUT2D eigenvalue weighted by Gasteiger charge is 2.35. The van der Waals surface area contributed by atoms with Crippen LogP contribution in [-0.4, -0.2) is 47.7 Å². The summed E-state index contributed by atoms with van der Waals surface area (Å²) in [5, 5.41) is 7.26. The minimum absolute atomic E-state index is 0.243. The quantitative estimate of drug-likeness (QED) is 0.906. The van der Waals surface area contributed by atoms with Crippen LogP contribution in [0.15, 0.2) is 10.6 Å². The Kier molecular flexibility index (Phi) is 3.89. The van der Waals surface area contributed by atoms with E-state index in [1.165, 1.54) is 7.11 Å². The number of hydrogen-bond donors (Lipinski definition) is 1. The van der Waals surface area contributed by atoms with Gasteiger partial charge in [-0.1, -0.05) is 5.16 Å². The zero-order valence-electron chi connectivity index (χ0n) is 13.3. The number of rotatable bonds is 2. The average molecular weight is 318 g/mol. The second kappa shape index (κ2) is 5.86. The van der Waals surface area contributed by atoms with Crippen molar-refractivity contribution < 1.29 is 18.8 Å². The molecule has 0 bridgehead atoms. The molecule has 1 unspecified atom stereocenters. The predicted molar refractivity (Wildman–Crippen MR) is 81.0 cm³/mol.